The number of benzene rings is 1. The van der Waals surface area contributed by atoms with E-state index in [2.05, 4.69) is 21.0 Å². The van der Waals surface area contributed by atoms with Gasteiger partial charge in [-0.05, 0) is 18.2 Å². The fraction of sp³-hybridized carbons (Fsp3) is 0.0625. The van der Waals surface area contributed by atoms with Crippen molar-refractivity contribution in [2.24, 2.45) is 7.05 Å². The average molecular weight is 344 g/mol. The topological polar surface area (TPSA) is 48.5 Å². The molecule has 0 atom stereocenters. The summed E-state index contributed by atoms with van der Waals surface area (Å²) in [5.41, 5.74) is 3.60. The maximum atomic E-state index is 6.27. The molecule has 0 saturated carbocycles. The van der Waals surface area contributed by atoms with Gasteiger partial charge in [-0.1, -0.05) is 23.2 Å². The molecule has 0 bridgehead atoms. The van der Waals surface area contributed by atoms with Crippen LogP contribution in [-0.4, -0.2) is 24.1 Å². The van der Waals surface area contributed by atoms with Crippen LogP contribution in [0.2, 0.25) is 10.0 Å². The second-order valence-electron chi connectivity index (χ2n) is 5.13. The Morgan fingerprint density at radius 2 is 1.83 bits per heavy atom. The van der Waals surface area contributed by atoms with Crippen molar-refractivity contribution in [1.29, 1.82) is 0 Å². The van der Waals surface area contributed by atoms with Gasteiger partial charge in [0, 0.05) is 37.5 Å². The van der Waals surface area contributed by atoms with Gasteiger partial charge < -0.3 is 4.57 Å². The third-order valence-corrected chi connectivity index (χ3v) is 4.28. The Bertz CT molecular complexity index is 998. The van der Waals surface area contributed by atoms with Crippen LogP contribution in [0.4, 0.5) is 0 Å². The number of imidazole rings is 2. The number of fused-ring (bicyclic) bond motifs is 1. The first-order valence-corrected chi connectivity index (χ1v) is 7.65. The predicted octanol–water partition coefficient (Wildman–Crippen LogP) is 4.13. The quantitative estimate of drug-likeness (QED) is 0.549. The molecule has 0 fully saturated rings. The molecule has 1 aromatic carbocycles. The van der Waals surface area contributed by atoms with Gasteiger partial charge in [0.1, 0.15) is 5.82 Å². The van der Waals surface area contributed by atoms with Gasteiger partial charge in [0.05, 0.1) is 33.0 Å². The van der Waals surface area contributed by atoms with Crippen LogP contribution in [0.1, 0.15) is 0 Å². The van der Waals surface area contributed by atoms with Gasteiger partial charge in [0.2, 0.25) is 0 Å². The predicted molar refractivity (Wildman–Crippen MR) is 91.1 cm³/mol. The second kappa shape index (κ2) is 5.37. The summed E-state index contributed by atoms with van der Waals surface area (Å²) in [6.45, 7) is 0. The molecule has 0 saturated heterocycles. The molecule has 0 N–H and O–H groups in total. The van der Waals surface area contributed by atoms with Crippen LogP contribution >= 0.6 is 23.2 Å². The van der Waals surface area contributed by atoms with E-state index in [1.165, 1.54) is 0 Å². The molecule has 0 spiro atoms. The fourth-order valence-corrected chi connectivity index (χ4v) is 3.12. The molecule has 7 heteroatoms. The number of aromatic nitrogens is 5. The number of nitrogens with zero attached hydrogens (tertiary/aromatic N) is 5. The molecule has 3 heterocycles. The molecule has 4 aromatic rings. The Labute approximate surface area is 142 Å². The van der Waals surface area contributed by atoms with Gasteiger partial charge in [0.25, 0.3) is 0 Å². The molecule has 0 unspecified atom stereocenters. The van der Waals surface area contributed by atoms with E-state index in [9.17, 15) is 0 Å². The monoisotopic (exact) mass is 343 g/mol. The summed E-state index contributed by atoms with van der Waals surface area (Å²) < 4.78 is 3.92. The van der Waals surface area contributed by atoms with Crippen molar-refractivity contribution in [3.63, 3.8) is 0 Å². The molecule has 114 valence electrons. The lowest BCUT2D eigenvalue weighted by Gasteiger charge is -2.10. The van der Waals surface area contributed by atoms with Crippen LogP contribution in [0, 0.1) is 0 Å². The lowest BCUT2D eigenvalue weighted by Crippen LogP contribution is -1.98. The molecule has 3 aromatic heterocycles. The Kier molecular flexibility index (Phi) is 3.32. The standard InChI is InChI=1S/C16H11Cl2N5/c1-22-9-21-13-3-2-10(6-14(13)22)23-5-4-20-16(23)15-11(17)7-19-8-12(15)18/h2-9H,1H3. The van der Waals surface area contributed by atoms with Crippen LogP contribution in [0.5, 0.6) is 0 Å². The highest BCUT2D eigenvalue weighted by Crippen LogP contribution is 2.34. The van der Waals surface area contributed by atoms with E-state index in [-0.39, 0.29) is 0 Å². The largest absolute Gasteiger partial charge is 0.334 e. The summed E-state index contributed by atoms with van der Waals surface area (Å²) >= 11 is 12.5. The zero-order valence-corrected chi connectivity index (χ0v) is 13.6. The van der Waals surface area contributed by atoms with Crippen molar-refractivity contribution in [2.45, 2.75) is 0 Å². The van der Waals surface area contributed by atoms with Crippen molar-refractivity contribution in [3.8, 4) is 17.1 Å². The number of halogens is 2. The first kappa shape index (κ1) is 14.2. The Morgan fingerprint density at radius 1 is 1.04 bits per heavy atom. The van der Waals surface area contributed by atoms with Crippen LogP contribution in [0.15, 0.2) is 49.3 Å². The lowest BCUT2D eigenvalue weighted by atomic mass is 10.2. The molecule has 0 radical (unpaired) electrons. The van der Waals surface area contributed by atoms with Gasteiger partial charge in [-0.25, -0.2) is 9.97 Å². The minimum atomic E-state index is 0.464. The SMILES string of the molecule is Cn1cnc2ccc(-n3ccnc3-c3c(Cl)cncc3Cl)cc21. The van der Waals surface area contributed by atoms with Gasteiger partial charge >= 0.3 is 0 Å². The fourth-order valence-electron chi connectivity index (χ4n) is 2.59. The van der Waals surface area contributed by atoms with Gasteiger partial charge in [-0.2, -0.15) is 0 Å². The third kappa shape index (κ3) is 2.29. The Morgan fingerprint density at radius 3 is 2.61 bits per heavy atom. The maximum Gasteiger partial charge on any atom is 0.147 e. The summed E-state index contributed by atoms with van der Waals surface area (Å²) in [7, 11) is 1.96. The summed E-state index contributed by atoms with van der Waals surface area (Å²) in [4.78, 5) is 12.7. The number of hydrogen-bond donors (Lipinski definition) is 0. The van der Waals surface area contributed by atoms with Crippen molar-refractivity contribution < 1.29 is 0 Å². The van der Waals surface area contributed by atoms with E-state index in [1.54, 1.807) is 24.9 Å². The first-order chi connectivity index (χ1) is 11.1. The van der Waals surface area contributed by atoms with E-state index in [4.69, 9.17) is 23.2 Å². The van der Waals surface area contributed by atoms with E-state index >= 15 is 0 Å². The minimum absolute atomic E-state index is 0.464. The van der Waals surface area contributed by atoms with Crippen LogP contribution in [-0.2, 0) is 7.05 Å². The molecule has 0 amide bonds. The van der Waals surface area contributed by atoms with E-state index in [0.29, 0.717) is 21.4 Å². The lowest BCUT2D eigenvalue weighted by molar-refractivity contribution is 0.946. The van der Waals surface area contributed by atoms with E-state index in [1.807, 2.05) is 34.5 Å². The number of rotatable bonds is 2. The molecular weight excluding hydrogens is 333 g/mol. The molecule has 23 heavy (non-hydrogen) atoms. The van der Waals surface area contributed by atoms with Crippen molar-refractivity contribution in [1.82, 2.24) is 24.1 Å². The number of pyridine rings is 1. The highest BCUT2D eigenvalue weighted by atomic mass is 35.5. The minimum Gasteiger partial charge on any atom is -0.334 e. The zero-order valence-electron chi connectivity index (χ0n) is 12.1. The second-order valence-corrected chi connectivity index (χ2v) is 5.94. The Balaban J connectivity index is 1.93. The summed E-state index contributed by atoms with van der Waals surface area (Å²) in [5, 5.41) is 0.929. The molecule has 5 nitrogen and oxygen atoms in total. The maximum absolute atomic E-state index is 6.27. The highest BCUT2D eigenvalue weighted by Gasteiger charge is 2.15. The van der Waals surface area contributed by atoms with E-state index < -0.39 is 0 Å². The number of hydrogen-bond acceptors (Lipinski definition) is 3. The van der Waals surface area contributed by atoms with Gasteiger partial charge in [-0.3, -0.25) is 9.55 Å². The van der Waals surface area contributed by atoms with Crippen LogP contribution < -0.4 is 0 Å². The molecule has 0 aliphatic rings. The van der Waals surface area contributed by atoms with Crippen molar-refractivity contribution >= 4 is 34.2 Å². The normalized spacial score (nSPS) is 11.3. The number of aryl methyl sites for hydroxylation is 1. The average Bonchev–Trinajstić information content (AvgIpc) is 3.15. The van der Waals surface area contributed by atoms with Crippen LogP contribution in [0.3, 0.4) is 0 Å². The highest BCUT2D eigenvalue weighted by molar-refractivity contribution is 6.38. The summed E-state index contributed by atoms with van der Waals surface area (Å²) in [5.74, 6) is 0.670. The van der Waals surface area contributed by atoms with E-state index in [0.717, 1.165) is 16.7 Å². The summed E-state index contributed by atoms with van der Waals surface area (Å²) in [6.07, 6.45) is 8.51. The third-order valence-electron chi connectivity index (χ3n) is 3.70. The van der Waals surface area contributed by atoms with Gasteiger partial charge in [-0.15, -0.1) is 0 Å². The van der Waals surface area contributed by atoms with Crippen LogP contribution in [0.25, 0.3) is 28.1 Å². The summed E-state index contributed by atoms with van der Waals surface area (Å²) in [6, 6.07) is 6.02. The molecule has 0 aliphatic heterocycles. The molecule has 4 rings (SSSR count). The van der Waals surface area contributed by atoms with Crippen molar-refractivity contribution in [2.75, 3.05) is 0 Å². The van der Waals surface area contributed by atoms with Gasteiger partial charge in [0.15, 0.2) is 0 Å². The zero-order chi connectivity index (χ0) is 16.0. The first-order valence-electron chi connectivity index (χ1n) is 6.89. The molecule has 0 aliphatic carbocycles. The van der Waals surface area contributed by atoms with Crippen molar-refractivity contribution in [3.05, 3.63) is 59.4 Å². The Hall–Kier alpha value is -2.37. The smallest absolute Gasteiger partial charge is 0.147 e. The molecular formula is C16H11Cl2N5.